The van der Waals surface area contributed by atoms with Crippen LogP contribution in [-0.2, 0) is 9.53 Å². The number of benzene rings is 1. The van der Waals surface area contributed by atoms with Crippen molar-refractivity contribution in [3.8, 4) is 0 Å². The third kappa shape index (κ3) is 2.14. The quantitative estimate of drug-likeness (QED) is 0.725. The van der Waals surface area contributed by atoms with Crippen molar-refractivity contribution in [3.63, 3.8) is 0 Å². The SMILES string of the molecule is C=CC(=O)N(c1ccccc1)C1CCOC1. The van der Waals surface area contributed by atoms with E-state index in [4.69, 9.17) is 4.74 Å². The second-order valence-electron chi connectivity index (χ2n) is 3.77. The third-order valence-electron chi connectivity index (χ3n) is 2.72. The van der Waals surface area contributed by atoms with Crippen LogP contribution in [0.25, 0.3) is 0 Å². The van der Waals surface area contributed by atoms with E-state index in [0.29, 0.717) is 6.61 Å². The Kier molecular flexibility index (Phi) is 3.37. The molecule has 16 heavy (non-hydrogen) atoms. The normalized spacial score (nSPS) is 19.4. The number of anilines is 1. The first kappa shape index (κ1) is 10.9. The van der Waals surface area contributed by atoms with Gasteiger partial charge in [0.2, 0.25) is 0 Å². The van der Waals surface area contributed by atoms with Crippen molar-refractivity contribution < 1.29 is 9.53 Å². The Bertz CT molecular complexity index is 369. The maximum atomic E-state index is 11.9. The van der Waals surface area contributed by atoms with Crippen molar-refractivity contribution in [2.24, 2.45) is 0 Å². The number of para-hydroxylation sites is 1. The predicted molar refractivity (Wildman–Crippen MR) is 63.3 cm³/mol. The summed E-state index contributed by atoms with van der Waals surface area (Å²) in [7, 11) is 0. The fraction of sp³-hybridized carbons (Fsp3) is 0.308. The predicted octanol–water partition coefficient (Wildman–Crippen LogP) is 1.99. The minimum Gasteiger partial charge on any atom is -0.379 e. The Labute approximate surface area is 95.3 Å². The van der Waals surface area contributed by atoms with E-state index < -0.39 is 0 Å². The first-order valence-electron chi connectivity index (χ1n) is 5.41. The molecule has 0 saturated carbocycles. The molecule has 1 unspecified atom stereocenters. The summed E-state index contributed by atoms with van der Waals surface area (Å²) < 4.78 is 5.33. The molecule has 0 bridgehead atoms. The summed E-state index contributed by atoms with van der Waals surface area (Å²) >= 11 is 0. The first-order chi connectivity index (χ1) is 7.83. The molecule has 1 heterocycles. The monoisotopic (exact) mass is 217 g/mol. The first-order valence-corrected chi connectivity index (χ1v) is 5.41. The maximum Gasteiger partial charge on any atom is 0.250 e. The Hall–Kier alpha value is -1.61. The zero-order valence-electron chi connectivity index (χ0n) is 9.13. The van der Waals surface area contributed by atoms with Gasteiger partial charge in [-0.05, 0) is 24.6 Å². The Morgan fingerprint density at radius 3 is 2.75 bits per heavy atom. The summed E-state index contributed by atoms with van der Waals surface area (Å²) in [5.41, 5.74) is 0.905. The maximum absolute atomic E-state index is 11.9. The highest BCUT2D eigenvalue weighted by Crippen LogP contribution is 2.21. The zero-order valence-corrected chi connectivity index (χ0v) is 9.13. The van der Waals surface area contributed by atoms with E-state index in [1.807, 2.05) is 30.3 Å². The fourth-order valence-corrected chi connectivity index (χ4v) is 1.93. The summed E-state index contributed by atoms with van der Waals surface area (Å²) in [6.07, 6.45) is 2.24. The van der Waals surface area contributed by atoms with Gasteiger partial charge in [-0.2, -0.15) is 0 Å². The summed E-state index contributed by atoms with van der Waals surface area (Å²) in [6.45, 7) is 4.87. The molecule has 0 radical (unpaired) electrons. The van der Waals surface area contributed by atoms with Gasteiger partial charge >= 0.3 is 0 Å². The van der Waals surface area contributed by atoms with Crippen molar-refractivity contribution in [2.45, 2.75) is 12.5 Å². The molecule has 3 heteroatoms. The van der Waals surface area contributed by atoms with E-state index in [2.05, 4.69) is 6.58 Å². The van der Waals surface area contributed by atoms with Crippen molar-refractivity contribution >= 4 is 11.6 Å². The number of carbonyl (C=O) groups excluding carboxylic acids is 1. The Morgan fingerprint density at radius 1 is 1.44 bits per heavy atom. The summed E-state index contributed by atoms with van der Waals surface area (Å²) in [5.74, 6) is -0.0679. The molecular weight excluding hydrogens is 202 g/mol. The van der Waals surface area contributed by atoms with E-state index in [1.54, 1.807) is 4.90 Å². The molecule has 0 spiro atoms. The molecule has 1 aromatic rings. The smallest absolute Gasteiger partial charge is 0.250 e. The van der Waals surface area contributed by atoms with Gasteiger partial charge in [0.05, 0.1) is 12.6 Å². The lowest BCUT2D eigenvalue weighted by atomic mass is 10.2. The van der Waals surface area contributed by atoms with E-state index in [-0.39, 0.29) is 11.9 Å². The molecule has 0 aliphatic carbocycles. The lowest BCUT2D eigenvalue weighted by Gasteiger charge is -2.26. The van der Waals surface area contributed by atoms with Gasteiger partial charge in [0.1, 0.15) is 0 Å². The van der Waals surface area contributed by atoms with Crippen LogP contribution in [0.4, 0.5) is 5.69 Å². The average Bonchev–Trinajstić information content (AvgIpc) is 2.84. The van der Waals surface area contributed by atoms with Crippen LogP contribution in [0, 0.1) is 0 Å². The molecule has 1 saturated heterocycles. The van der Waals surface area contributed by atoms with Gasteiger partial charge in [-0.1, -0.05) is 24.8 Å². The lowest BCUT2D eigenvalue weighted by Crippen LogP contribution is -2.39. The molecule has 1 aliphatic rings. The molecule has 2 rings (SSSR count). The van der Waals surface area contributed by atoms with Crippen molar-refractivity contribution in [1.29, 1.82) is 0 Å². The number of hydrogen-bond acceptors (Lipinski definition) is 2. The topological polar surface area (TPSA) is 29.5 Å². The van der Waals surface area contributed by atoms with Gasteiger partial charge in [0.25, 0.3) is 5.91 Å². The molecule has 0 N–H and O–H groups in total. The highest BCUT2D eigenvalue weighted by atomic mass is 16.5. The standard InChI is InChI=1S/C13H15NO2/c1-2-13(15)14(12-8-9-16-10-12)11-6-4-3-5-7-11/h2-7,12H,1,8-10H2. The third-order valence-corrected chi connectivity index (χ3v) is 2.72. The van der Waals surface area contributed by atoms with Gasteiger partial charge in [-0.15, -0.1) is 0 Å². The molecule has 1 aliphatic heterocycles. The van der Waals surface area contributed by atoms with E-state index in [0.717, 1.165) is 18.7 Å². The lowest BCUT2D eigenvalue weighted by molar-refractivity contribution is -0.114. The summed E-state index contributed by atoms with van der Waals surface area (Å²) in [6, 6.07) is 9.78. The molecule has 1 amide bonds. The average molecular weight is 217 g/mol. The van der Waals surface area contributed by atoms with Crippen LogP contribution >= 0.6 is 0 Å². The second kappa shape index (κ2) is 4.94. The number of nitrogens with zero attached hydrogens (tertiary/aromatic N) is 1. The molecular formula is C13H15NO2. The van der Waals surface area contributed by atoms with Crippen molar-refractivity contribution in [3.05, 3.63) is 43.0 Å². The molecule has 1 aromatic carbocycles. The van der Waals surface area contributed by atoms with Crippen LogP contribution in [0.3, 0.4) is 0 Å². The minimum absolute atomic E-state index is 0.0679. The van der Waals surface area contributed by atoms with Crippen LogP contribution in [-0.4, -0.2) is 25.2 Å². The van der Waals surface area contributed by atoms with Gasteiger partial charge in [0.15, 0.2) is 0 Å². The number of carbonyl (C=O) groups is 1. The van der Waals surface area contributed by atoms with Crippen LogP contribution in [0.2, 0.25) is 0 Å². The van der Waals surface area contributed by atoms with Gasteiger partial charge in [-0.3, -0.25) is 4.79 Å². The van der Waals surface area contributed by atoms with Crippen LogP contribution in [0.15, 0.2) is 43.0 Å². The Balaban J connectivity index is 2.27. The summed E-state index contributed by atoms with van der Waals surface area (Å²) in [5, 5.41) is 0. The number of hydrogen-bond donors (Lipinski definition) is 0. The van der Waals surface area contributed by atoms with E-state index in [9.17, 15) is 4.79 Å². The number of rotatable bonds is 3. The zero-order chi connectivity index (χ0) is 11.4. The molecule has 3 nitrogen and oxygen atoms in total. The highest BCUT2D eigenvalue weighted by Gasteiger charge is 2.26. The number of amides is 1. The van der Waals surface area contributed by atoms with E-state index >= 15 is 0 Å². The van der Waals surface area contributed by atoms with Gasteiger partial charge in [0, 0.05) is 12.3 Å². The van der Waals surface area contributed by atoms with Crippen molar-refractivity contribution in [2.75, 3.05) is 18.1 Å². The molecule has 1 atom stereocenters. The Morgan fingerprint density at radius 2 is 2.19 bits per heavy atom. The van der Waals surface area contributed by atoms with Crippen LogP contribution < -0.4 is 4.90 Å². The molecule has 0 aromatic heterocycles. The largest absolute Gasteiger partial charge is 0.379 e. The van der Waals surface area contributed by atoms with Crippen LogP contribution in [0.1, 0.15) is 6.42 Å². The highest BCUT2D eigenvalue weighted by molar-refractivity contribution is 6.01. The molecule has 84 valence electrons. The second-order valence-corrected chi connectivity index (χ2v) is 3.77. The van der Waals surface area contributed by atoms with Gasteiger partial charge < -0.3 is 9.64 Å². The molecule has 1 fully saturated rings. The fourth-order valence-electron chi connectivity index (χ4n) is 1.93. The van der Waals surface area contributed by atoms with Gasteiger partial charge in [-0.25, -0.2) is 0 Å². The minimum atomic E-state index is -0.0679. The summed E-state index contributed by atoms with van der Waals surface area (Å²) in [4.78, 5) is 13.6. The van der Waals surface area contributed by atoms with E-state index in [1.165, 1.54) is 6.08 Å². The number of ether oxygens (including phenoxy) is 1. The van der Waals surface area contributed by atoms with Crippen molar-refractivity contribution in [1.82, 2.24) is 0 Å². The van der Waals surface area contributed by atoms with Crippen LogP contribution in [0.5, 0.6) is 0 Å².